The molecule has 3 heteroatoms. The summed E-state index contributed by atoms with van der Waals surface area (Å²) in [5, 5.41) is 4.02. The van der Waals surface area contributed by atoms with Gasteiger partial charge in [-0.15, -0.1) is 0 Å². The van der Waals surface area contributed by atoms with E-state index in [1.807, 2.05) is 24.3 Å². The lowest BCUT2D eigenvalue weighted by Gasteiger charge is -2.00. The highest BCUT2D eigenvalue weighted by Gasteiger charge is 1.94. The number of aromatic nitrogens is 3. The maximum atomic E-state index is 4.02. The number of hydrogen-bond acceptors (Lipinski definition) is 2. The first kappa shape index (κ1) is 7.98. The van der Waals surface area contributed by atoms with E-state index in [0.717, 1.165) is 12.1 Å². The van der Waals surface area contributed by atoms with Crippen LogP contribution in [0.15, 0.2) is 36.9 Å². The van der Waals surface area contributed by atoms with Crippen LogP contribution in [0.5, 0.6) is 0 Å². The van der Waals surface area contributed by atoms with Crippen molar-refractivity contribution >= 4 is 0 Å². The largest absolute Gasteiger partial charge is 0.249 e. The van der Waals surface area contributed by atoms with Crippen molar-refractivity contribution in [3.05, 3.63) is 55.0 Å². The molecule has 0 aliphatic rings. The minimum Gasteiger partial charge on any atom is -0.249 e. The van der Waals surface area contributed by atoms with Gasteiger partial charge in [0.25, 0.3) is 0 Å². The maximum Gasteiger partial charge on any atom is 0.137 e. The van der Waals surface area contributed by atoms with Crippen LogP contribution in [0.3, 0.4) is 0 Å². The van der Waals surface area contributed by atoms with Gasteiger partial charge in [0, 0.05) is 0 Å². The molecule has 0 bridgehead atoms. The molecule has 2 aromatic rings. The lowest BCUT2D eigenvalue weighted by Crippen LogP contribution is -1.99. The van der Waals surface area contributed by atoms with Crippen LogP contribution in [-0.4, -0.2) is 14.8 Å². The Morgan fingerprint density at radius 1 is 1.23 bits per heavy atom. The number of hydrogen-bond donors (Lipinski definition) is 0. The first-order chi connectivity index (χ1) is 6.34. The highest BCUT2D eigenvalue weighted by molar-refractivity contribution is 5.24. The van der Waals surface area contributed by atoms with E-state index in [1.54, 1.807) is 11.0 Å². The summed E-state index contributed by atoms with van der Waals surface area (Å²) in [7, 11) is 0. The molecule has 1 radical (unpaired) electrons. The minimum atomic E-state index is 0.764. The molecule has 0 N–H and O–H groups in total. The summed E-state index contributed by atoms with van der Waals surface area (Å²) < 4.78 is 1.79. The van der Waals surface area contributed by atoms with E-state index >= 15 is 0 Å². The number of rotatable bonds is 2. The first-order valence-corrected chi connectivity index (χ1v) is 4.08. The van der Waals surface area contributed by atoms with Crippen molar-refractivity contribution in [1.82, 2.24) is 14.8 Å². The van der Waals surface area contributed by atoms with E-state index in [1.165, 1.54) is 11.9 Å². The smallest absolute Gasteiger partial charge is 0.137 e. The Morgan fingerprint density at radius 3 is 2.62 bits per heavy atom. The molecular formula is C10H10N3. The molecule has 1 heterocycles. The summed E-state index contributed by atoms with van der Waals surface area (Å²) in [5.74, 6) is 0. The lowest BCUT2D eigenvalue weighted by molar-refractivity contribution is 0.685. The van der Waals surface area contributed by atoms with Crippen LogP contribution in [0, 0.1) is 6.92 Å². The van der Waals surface area contributed by atoms with E-state index in [4.69, 9.17) is 0 Å². The zero-order chi connectivity index (χ0) is 9.10. The van der Waals surface area contributed by atoms with Gasteiger partial charge in [-0.2, -0.15) is 5.10 Å². The van der Waals surface area contributed by atoms with Crippen LogP contribution < -0.4 is 0 Å². The number of nitrogens with zero attached hydrogens (tertiary/aromatic N) is 3. The van der Waals surface area contributed by atoms with Gasteiger partial charge in [-0.05, 0) is 18.1 Å². The molecule has 0 saturated carbocycles. The average Bonchev–Trinajstić information content (AvgIpc) is 2.62. The van der Waals surface area contributed by atoms with Gasteiger partial charge in [0.2, 0.25) is 0 Å². The second-order valence-electron chi connectivity index (χ2n) is 2.91. The third kappa shape index (κ3) is 1.93. The summed E-state index contributed by atoms with van der Waals surface area (Å²) in [6, 6.07) is 8.08. The fourth-order valence-electron chi connectivity index (χ4n) is 1.15. The third-order valence-electron chi connectivity index (χ3n) is 1.83. The summed E-state index contributed by atoms with van der Waals surface area (Å²) in [6.45, 7) is 4.59. The van der Waals surface area contributed by atoms with Gasteiger partial charge in [0.1, 0.15) is 12.7 Å². The fraction of sp³-hybridized carbons (Fsp3) is 0.100. The van der Waals surface area contributed by atoms with Crippen LogP contribution in [0.2, 0.25) is 0 Å². The van der Waals surface area contributed by atoms with Crippen molar-refractivity contribution in [2.24, 2.45) is 0 Å². The second kappa shape index (κ2) is 3.39. The molecule has 0 aliphatic carbocycles. The van der Waals surface area contributed by atoms with Crippen molar-refractivity contribution in [3.63, 3.8) is 0 Å². The van der Waals surface area contributed by atoms with Gasteiger partial charge in [-0.3, -0.25) is 0 Å². The molecule has 0 unspecified atom stereocenters. The van der Waals surface area contributed by atoms with Gasteiger partial charge in [0.15, 0.2) is 0 Å². The zero-order valence-electron chi connectivity index (χ0n) is 7.22. The Kier molecular flexibility index (Phi) is 2.08. The van der Waals surface area contributed by atoms with Gasteiger partial charge in [-0.25, -0.2) is 9.67 Å². The molecule has 0 fully saturated rings. The quantitative estimate of drug-likeness (QED) is 0.687. The Balaban J connectivity index is 2.15. The summed E-state index contributed by atoms with van der Waals surface area (Å²) >= 11 is 0. The topological polar surface area (TPSA) is 30.7 Å². The molecule has 1 aromatic carbocycles. The van der Waals surface area contributed by atoms with E-state index in [9.17, 15) is 0 Å². The summed E-state index contributed by atoms with van der Waals surface area (Å²) in [5.41, 5.74) is 2.24. The van der Waals surface area contributed by atoms with Gasteiger partial charge < -0.3 is 0 Å². The molecule has 0 spiro atoms. The highest BCUT2D eigenvalue weighted by Crippen LogP contribution is 2.03. The van der Waals surface area contributed by atoms with Crippen LogP contribution >= 0.6 is 0 Å². The van der Waals surface area contributed by atoms with E-state index in [2.05, 4.69) is 17.0 Å². The minimum absolute atomic E-state index is 0.764. The first-order valence-electron chi connectivity index (χ1n) is 4.08. The maximum absolute atomic E-state index is 4.02. The molecule has 3 nitrogen and oxygen atoms in total. The average molecular weight is 172 g/mol. The standard InChI is InChI=1S/C10H10N3/c1-9-2-4-10(5-3-9)6-13-8-11-7-12-13/h2-5,7-8H,1,6H2. The van der Waals surface area contributed by atoms with E-state index in [-0.39, 0.29) is 0 Å². The van der Waals surface area contributed by atoms with Crippen LogP contribution in [0.25, 0.3) is 0 Å². The molecular weight excluding hydrogens is 162 g/mol. The monoisotopic (exact) mass is 172 g/mol. The fourth-order valence-corrected chi connectivity index (χ4v) is 1.15. The normalized spacial score (nSPS) is 10.2. The Labute approximate surface area is 77.0 Å². The Morgan fingerprint density at radius 2 is 2.00 bits per heavy atom. The van der Waals surface area contributed by atoms with Gasteiger partial charge >= 0.3 is 0 Å². The number of benzene rings is 1. The van der Waals surface area contributed by atoms with Gasteiger partial charge in [0.05, 0.1) is 6.54 Å². The lowest BCUT2D eigenvalue weighted by atomic mass is 10.1. The van der Waals surface area contributed by atoms with Crippen molar-refractivity contribution in [3.8, 4) is 0 Å². The van der Waals surface area contributed by atoms with Crippen molar-refractivity contribution in [1.29, 1.82) is 0 Å². The van der Waals surface area contributed by atoms with Crippen molar-refractivity contribution < 1.29 is 0 Å². The third-order valence-corrected chi connectivity index (χ3v) is 1.83. The highest BCUT2D eigenvalue weighted by atomic mass is 15.3. The molecule has 0 amide bonds. The van der Waals surface area contributed by atoms with E-state index < -0.39 is 0 Å². The van der Waals surface area contributed by atoms with Crippen LogP contribution in [0.4, 0.5) is 0 Å². The Hall–Kier alpha value is -1.64. The van der Waals surface area contributed by atoms with Crippen molar-refractivity contribution in [2.45, 2.75) is 6.54 Å². The summed E-state index contributed by atoms with van der Waals surface area (Å²) in [6.07, 6.45) is 3.24. The van der Waals surface area contributed by atoms with Crippen molar-refractivity contribution in [2.75, 3.05) is 0 Å². The SMILES string of the molecule is [CH2]c1ccc(Cn2cncn2)cc1. The second-order valence-corrected chi connectivity index (χ2v) is 2.91. The van der Waals surface area contributed by atoms with E-state index in [0.29, 0.717) is 0 Å². The van der Waals surface area contributed by atoms with Gasteiger partial charge in [-0.1, -0.05) is 24.3 Å². The molecule has 2 rings (SSSR count). The van der Waals surface area contributed by atoms with Crippen LogP contribution in [-0.2, 0) is 6.54 Å². The molecule has 0 aliphatic heterocycles. The predicted molar refractivity (Wildman–Crippen MR) is 50.0 cm³/mol. The summed E-state index contributed by atoms with van der Waals surface area (Å²) in [4.78, 5) is 3.88. The molecule has 13 heavy (non-hydrogen) atoms. The molecule has 1 aromatic heterocycles. The predicted octanol–water partition coefficient (Wildman–Crippen LogP) is 1.51. The zero-order valence-corrected chi connectivity index (χ0v) is 7.22. The molecule has 0 saturated heterocycles. The molecule has 0 atom stereocenters. The van der Waals surface area contributed by atoms with Crippen LogP contribution in [0.1, 0.15) is 11.1 Å². The Bertz CT molecular complexity index is 362. The molecule has 65 valence electrons.